The molecule has 0 bridgehead atoms. The minimum Gasteiger partial charge on any atom is -0.491 e. The molecule has 10 nitrogen and oxygen atoms in total. The van der Waals surface area contributed by atoms with Crippen molar-refractivity contribution in [3.8, 4) is 5.75 Å². The van der Waals surface area contributed by atoms with E-state index in [0.29, 0.717) is 11.6 Å². The highest BCUT2D eigenvalue weighted by atomic mass is 35.5. The molecule has 1 aromatic carbocycles. The molecule has 0 unspecified atom stereocenters. The summed E-state index contributed by atoms with van der Waals surface area (Å²) >= 11 is 5.82. The molecule has 0 aliphatic rings. The number of aromatic nitrogens is 2. The first-order valence-electron chi connectivity index (χ1n) is 10.4. The second-order valence-electron chi connectivity index (χ2n) is 7.75. The first-order valence-corrected chi connectivity index (χ1v) is 12.6. The average Bonchev–Trinajstić information content (AvgIpc) is 2.80. The zero-order valence-electron chi connectivity index (χ0n) is 19.3. The van der Waals surface area contributed by atoms with Crippen LogP contribution in [0.5, 0.6) is 5.75 Å². The molecule has 0 spiro atoms. The molecule has 0 aliphatic carbocycles. The molecule has 2 N–H and O–H groups in total. The summed E-state index contributed by atoms with van der Waals surface area (Å²) in [5, 5.41) is 5.67. The van der Waals surface area contributed by atoms with Crippen molar-refractivity contribution in [3.63, 3.8) is 0 Å². The number of rotatable bonds is 9. The van der Waals surface area contributed by atoms with Crippen molar-refractivity contribution in [2.45, 2.75) is 4.90 Å². The van der Waals surface area contributed by atoms with Crippen molar-refractivity contribution in [2.24, 2.45) is 0 Å². The van der Waals surface area contributed by atoms with Crippen molar-refractivity contribution in [3.05, 3.63) is 71.1 Å². The van der Waals surface area contributed by atoms with Crippen LogP contribution in [0.2, 0.25) is 5.02 Å². The lowest BCUT2D eigenvalue weighted by Crippen LogP contribution is -2.22. The number of halogens is 1. The summed E-state index contributed by atoms with van der Waals surface area (Å²) in [5.41, 5.74) is 0.210. The molecule has 2 heterocycles. The van der Waals surface area contributed by atoms with Crippen LogP contribution < -0.4 is 15.4 Å². The molecule has 12 heteroatoms. The highest BCUT2D eigenvalue weighted by Gasteiger charge is 2.20. The van der Waals surface area contributed by atoms with Crippen LogP contribution in [0.1, 0.15) is 20.8 Å². The van der Waals surface area contributed by atoms with Gasteiger partial charge in [-0.05, 0) is 56.6 Å². The molecule has 0 saturated heterocycles. The summed E-state index contributed by atoms with van der Waals surface area (Å²) in [5.74, 6) is -0.829. The molecule has 2 amide bonds. The van der Waals surface area contributed by atoms with Crippen LogP contribution in [0, 0.1) is 0 Å². The average molecular weight is 518 g/mol. The van der Waals surface area contributed by atoms with E-state index in [0.717, 1.165) is 6.26 Å². The zero-order valence-corrected chi connectivity index (χ0v) is 20.9. The van der Waals surface area contributed by atoms with Gasteiger partial charge in [-0.3, -0.25) is 9.59 Å². The fraction of sp³-hybridized carbons (Fsp3) is 0.217. The Balaban J connectivity index is 1.86. The minimum atomic E-state index is -3.52. The molecule has 0 fully saturated rings. The molecular formula is C23H24ClN5O5S. The van der Waals surface area contributed by atoms with E-state index < -0.39 is 21.7 Å². The van der Waals surface area contributed by atoms with E-state index in [1.165, 1.54) is 42.7 Å². The Bertz CT molecular complexity index is 1330. The number of sulfone groups is 1. The Morgan fingerprint density at radius 1 is 1.06 bits per heavy atom. The first-order chi connectivity index (χ1) is 16.5. The lowest BCUT2D eigenvalue weighted by Gasteiger charge is -2.16. The van der Waals surface area contributed by atoms with E-state index in [1.807, 2.05) is 19.0 Å². The van der Waals surface area contributed by atoms with Gasteiger partial charge in [-0.2, -0.15) is 0 Å². The molecular weight excluding hydrogens is 494 g/mol. The third kappa shape index (κ3) is 7.22. The smallest absolute Gasteiger partial charge is 0.277 e. The second-order valence-corrected chi connectivity index (χ2v) is 10.2. The van der Waals surface area contributed by atoms with Crippen molar-refractivity contribution in [1.82, 2.24) is 14.9 Å². The van der Waals surface area contributed by atoms with Gasteiger partial charge in [0.05, 0.1) is 21.2 Å². The molecule has 0 atom stereocenters. The molecule has 184 valence electrons. The number of amides is 2. The third-order valence-electron chi connectivity index (χ3n) is 4.66. The number of hydrogen-bond donors (Lipinski definition) is 2. The quantitative estimate of drug-likeness (QED) is 0.443. The summed E-state index contributed by atoms with van der Waals surface area (Å²) in [4.78, 5) is 35.9. The lowest BCUT2D eigenvalue weighted by atomic mass is 10.1. The van der Waals surface area contributed by atoms with Gasteiger partial charge in [-0.15, -0.1) is 0 Å². The van der Waals surface area contributed by atoms with Gasteiger partial charge in [0.2, 0.25) is 0 Å². The van der Waals surface area contributed by atoms with Crippen LogP contribution in [0.4, 0.5) is 11.5 Å². The van der Waals surface area contributed by atoms with E-state index in [4.69, 9.17) is 16.3 Å². The summed E-state index contributed by atoms with van der Waals surface area (Å²) < 4.78 is 29.7. The van der Waals surface area contributed by atoms with Gasteiger partial charge in [-0.1, -0.05) is 11.6 Å². The van der Waals surface area contributed by atoms with Gasteiger partial charge in [0, 0.05) is 25.2 Å². The molecule has 2 aromatic heterocycles. The number of pyridine rings is 2. The highest BCUT2D eigenvalue weighted by molar-refractivity contribution is 7.90. The van der Waals surface area contributed by atoms with Crippen LogP contribution in [0.3, 0.4) is 0 Å². The Morgan fingerprint density at radius 3 is 2.49 bits per heavy atom. The maximum absolute atomic E-state index is 13.1. The molecule has 0 radical (unpaired) electrons. The summed E-state index contributed by atoms with van der Waals surface area (Å²) in [6, 6.07) is 10.2. The predicted octanol–water partition coefficient (Wildman–Crippen LogP) is 2.98. The second kappa shape index (κ2) is 11.3. The van der Waals surface area contributed by atoms with E-state index in [1.54, 1.807) is 12.1 Å². The lowest BCUT2D eigenvalue weighted by molar-refractivity contribution is 0.102. The topological polar surface area (TPSA) is 131 Å². The number of carbonyl (C=O) groups excluding carboxylic acids is 2. The number of ether oxygens (including phenoxy) is 1. The first kappa shape index (κ1) is 26.1. The van der Waals surface area contributed by atoms with Crippen molar-refractivity contribution < 1.29 is 22.7 Å². The zero-order chi connectivity index (χ0) is 25.6. The van der Waals surface area contributed by atoms with E-state index in [2.05, 4.69) is 20.6 Å². The minimum absolute atomic E-state index is 0.0193. The number of anilines is 2. The predicted molar refractivity (Wildman–Crippen MR) is 133 cm³/mol. The number of benzene rings is 1. The van der Waals surface area contributed by atoms with Gasteiger partial charge in [0.1, 0.15) is 18.2 Å². The Morgan fingerprint density at radius 2 is 1.83 bits per heavy atom. The van der Waals surface area contributed by atoms with Crippen molar-refractivity contribution >= 4 is 44.8 Å². The van der Waals surface area contributed by atoms with E-state index >= 15 is 0 Å². The summed E-state index contributed by atoms with van der Waals surface area (Å²) in [6.07, 6.45) is 3.87. The largest absolute Gasteiger partial charge is 0.491 e. The fourth-order valence-electron chi connectivity index (χ4n) is 2.88. The third-order valence-corrected chi connectivity index (χ3v) is 6.00. The highest BCUT2D eigenvalue weighted by Crippen LogP contribution is 2.25. The molecule has 35 heavy (non-hydrogen) atoms. The summed E-state index contributed by atoms with van der Waals surface area (Å²) in [6.45, 7) is 0.783. The normalized spacial score (nSPS) is 11.2. The molecule has 3 rings (SSSR count). The number of nitrogens with one attached hydrogen (secondary N) is 2. The number of hydrogen-bond acceptors (Lipinski definition) is 8. The molecule has 0 saturated carbocycles. The maximum Gasteiger partial charge on any atom is 0.277 e. The number of carbonyl (C=O) groups is 2. The van der Waals surface area contributed by atoms with Gasteiger partial charge < -0.3 is 20.3 Å². The van der Waals surface area contributed by atoms with Gasteiger partial charge in [-0.25, -0.2) is 18.4 Å². The van der Waals surface area contributed by atoms with Crippen LogP contribution in [0.25, 0.3) is 0 Å². The van der Waals surface area contributed by atoms with Crippen LogP contribution in [-0.4, -0.2) is 68.6 Å². The summed E-state index contributed by atoms with van der Waals surface area (Å²) in [7, 11) is 0.201. The maximum atomic E-state index is 13.1. The standard InChI is InChI=1S/C23H24ClN5O5S/c1-29(2)11-12-34-19-13-16(35(3,32)33)7-8-17(19)22(30)27-18-5-4-10-25-21(18)23(31)28-20-9-6-15(24)14-26-20/h4-10,13-14H,11-12H2,1-3H3,(H,27,30)(H,26,28,31). The van der Waals surface area contributed by atoms with Crippen LogP contribution >= 0.6 is 11.6 Å². The molecule has 0 aliphatic heterocycles. The van der Waals surface area contributed by atoms with Gasteiger partial charge >= 0.3 is 0 Å². The van der Waals surface area contributed by atoms with Gasteiger partial charge in [0.25, 0.3) is 11.8 Å². The Labute approximate surface area is 208 Å². The number of nitrogens with zero attached hydrogens (tertiary/aromatic N) is 3. The number of likely N-dealkylation sites (N-methyl/N-ethyl adjacent to an activating group) is 1. The SMILES string of the molecule is CN(C)CCOc1cc(S(C)(=O)=O)ccc1C(=O)Nc1cccnc1C(=O)Nc1ccc(Cl)cn1. The van der Waals surface area contributed by atoms with E-state index in [-0.39, 0.29) is 40.0 Å². The van der Waals surface area contributed by atoms with E-state index in [9.17, 15) is 18.0 Å². The van der Waals surface area contributed by atoms with Crippen molar-refractivity contribution in [2.75, 3.05) is 44.1 Å². The van der Waals surface area contributed by atoms with Gasteiger partial charge in [0.15, 0.2) is 15.5 Å². The fourth-order valence-corrected chi connectivity index (χ4v) is 3.63. The molecule has 3 aromatic rings. The Kier molecular flexibility index (Phi) is 8.39. The Hall–Kier alpha value is -3.54. The van der Waals surface area contributed by atoms with Crippen LogP contribution in [0.15, 0.2) is 59.8 Å². The van der Waals surface area contributed by atoms with Crippen molar-refractivity contribution in [1.29, 1.82) is 0 Å². The van der Waals surface area contributed by atoms with Crippen LogP contribution in [-0.2, 0) is 9.84 Å². The monoisotopic (exact) mass is 517 g/mol.